The Balaban J connectivity index is 0.000000350. The maximum absolute atomic E-state index is 11.6. The summed E-state index contributed by atoms with van der Waals surface area (Å²) in [5, 5.41) is 28.7. The SMILES string of the molecule is COc1cc(CC(CCNC(C)=O)Cc2ccc(OP(=O)([O-])[O-])cc2)c([N+](=O)[O-])cc1OC.COc1cc(CC(CCNC(C)=O)Cc2ccc(OP(=O)([O-])[O-])cc2)c([N+](=O)[O-])cc1OC. The van der Waals surface area contributed by atoms with Crippen LogP contribution in [0.1, 0.15) is 48.9 Å². The third-order valence-corrected chi connectivity index (χ3v) is 10.6. The number of ether oxygens (including phenoxy) is 4. The van der Waals surface area contributed by atoms with Gasteiger partial charge < -0.3 is 67.3 Å². The van der Waals surface area contributed by atoms with Crippen molar-refractivity contribution in [1.82, 2.24) is 10.6 Å². The van der Waals surface area contributed by atoms with Crippen molar-refractivity contribution in [3.8, 4) is 34.5 Å². The second-order valence-corrected chi connectivity index (χ2v) is 16.8. The molecule has 2 amide bonds. The van der Waals surface area contributed by atoms with Gasteiger partial charge in [0, 0.05) is 38.1 Å². The first kappa shape index (κ1) is 54.1. The van der Waals surface area contributed by atoms with E-state index in [0.29, 0.717) is 74.2 Å². The van der Waals surface area contributed by atoms with Crippen LogP contribution >= 0.6 is 15.6 Å². The predicted octanol–water partition coefficient (Wildman–Crippen LogP) is 3.49. The summed E-state index contributed by atoms with van der Waals surface area (Å²) in [5.41, 5.74) is 2.27. The van der Waals surface area contributed by atoms with Gasteiger partial charge >= 0.3 is 0 Å². The van der Waals surface area contributed by atoms with Crippen molar-refractivity contribution < 1.29 is 76.1 Å². The molecule has 4 aromatic carbocycles. The molecular weight excluding hydrogens is 910 g/mol. The zero-order valence-corrected chi connectivity index (χ0v) is 38.7. The monoisotopic (exact) mass is 960 g/mol. The number of benzene rings is 4. The van der Waals surface area contributed by atoms with Gasteiger partial charge in [-0.15, -0.1) is 0 Å². The Labute approximate surface area is 380 Å². The van der Waals surface area contributed by atoms with Gasteiger partial charge in [0.15, 0.2) is 23.0 Å². The Bertz CT molecular complexity index is 2210. The minimum atomic E-state index is -5.16. The molecule has 0 aliphatic heterocycles. The van der Waals surface area contributed by atoms with Gasteiger partial charge in [-0.25, -0.2) is 0 Å². The Hall–Kier alpha value is -6.28. The molecule has 0 bridgehead atoms. The normalized spacial score (nSPS) is 12.0. The van der Waals surface area contributed by atoms with Gasteiger partial charge in [-0.05, 0) is 97.9 Å². The Morgan fingerprint density at radius 2 is 0.848 bits per heavy atom. The number of phosphoric ester groups is 2. The van der Waals surface area contributed by atoms with E-state index in [4.69, 9.17) is 18.9 Å². The molecule has 66 heavy (non-hydrogen) atoms. The van der Waals surface area contributed by atoms with Crippen molar-refractivity contribution in [2.45, 2.75) is 52.4 Å². The number of methoxy groups -OCH3 is 4. The molecule has 0 aliphatic rings. The van der Waals surface area contributed by atoms with Crippen LogP contribution in [0.3, 0.4) is 0 Å². The van der Waals surface area contributed by atoms with E-state index in [1.807, 2.05) is 0 Å². The summed E-state index contributed by atoms with van der Waals surface area (Å²) in [6.07, 6.45) is 2.62. The van der Waals surface area contributed by atoms with Crippen LogP contribution in [0.5, 0.6) is 34.5 Å². The fourth-order valence-electron chi connectivity index (χ4n) is 6.86. The van der Waals surface area contributed by atoms with E-state index in [9.17, 15) is 58.5 Å². The van der Waals surface area contributed by atoms with E-state index < -0.39 is 25.5 Å². The van der Waals surface area contributed by atoms with E-state index in [2.05, 4.69) is 19.7 Å². The third-order valence-electron chi connectivity index (χ3n) is 9.76. The second kappa shape index (κ2) is 25.4. The number of carbonyl (C=O) groups excluding carboxylic acids is 2. The molecular formula is C42H50N4O18P2-4. The third kappa shape index (κ3) is 18.7. The summed E-state index contributed by atoms with van der Waals surface area (Å²) < 4.78 is 51.1. The van der Waals surface area contributed by atoms with Crippen molar-refractivity contribution >= 4 is 38.8 Å². The van der Waals surface area contributed by atoms with Gasteiger partial charge in [0.2, 0.25) is 11.8 Å². The summed E-state index contributed by atoms with van der Waals surface area (Å²) in [5.74, 6) is 0.393. The quantitative estimate of drug-likeness (QED) is 0.0576. The fraction of sp³-hybridized carbons (Fsp3) is 0.381. The number of nitrogens with one attached hydrogen (secondary N) is 2. The predicted molar refractivity (Wildman–Crippen MR) is 230 cm³/mol. The number of rotatable bonds is 24. The molecule has 24 heteroatoms. The van der Waals surface area contributed by atoms with Gasteiger partial charge in [0.25, 0.3) is 11.4 Å². The maximum Gasteiger partial charge on any atom is 0.276 e. The molecule has 0 saturated carbocycles. The maximum atomic E-state index is 11.6. The molecule has 0 heterocycles. The number of nitrogens with zero attached hydrogens (tertiary/aromatic N) is 2. The van der Waals surface area contributed by atoms with E-state index in [0.717, 1.165) is 11.1 Å². The molecule has 4 aromatic rings. The molecule has 2 atom stereocenters. The van der Waals surface area contributed by atoms with Gasteiger partial charge in [-0.2, -0.15) is 0 Å². The van der Waals surface area contributed by atoms with Crippen molar-refractivity contribution in [1.29, 1.82) is 0 Å². The summed E-state index contributed by atoms with van der Waals surface area (Å²) in [7, 11) is -4.65. The van der Waals surface area contributed by atoms with Gasteiger partial charge in [-0.3, -0.25) is 29.8 Å². The fourth-order valence-corrected chi connectivity index (χ4v) is 7.62. The van der Waals surface area contributed by atoms with Crippen LogP contribution in [0.15, 0.2) is 72.8 Å². The smallest absolute Gasteiger partial charge is 0.276 e. The van der Waals surface area contributed by atoms with Crippen LogP contribution in [-0.4, -0.2) is 63.2 Å². The summed E-state index contributed by atoms with van der Waals surface area (Å²) in [6, 6.07) is 17.7. The van der Waals surface area contributed by atoms with Crippen LogP contribution in [0, 0.1) is 32.1 Å². The van der Waals surface area contributed by atoms with Crippen molar-refractivity contribution in [3.63, 3.8) is 0 Å². The topological polar surface area (TPSA) is 326 Å². The average molecular weight is 961 g/mol. The van der Waals surface area contributed by atoms with Gasteiger partial charge in [0.1, 0.15) is 27.1 Å². The van der Waals surface area contributed by atoms with Crippen molar-refractivity contribution in [2.24, 2.45) is 11.8 Å². The lowest BCUT2D eigenvalue weighted by Crippen LogP contribution is -2.24. The highest BCUT2D eigenvalue weighted by Gasteiger charge is 2.25. The lowest BCUT2D eigenvalue weighted by atomic mass is 9.89. The molecule has 2 N–H and O–H groups in total. The zero-order valence-electron chi connectivity index (χ0n) is 36.9. The molecule has 0 radical (unpaired) electrons. The largest absolute Gasteiger partial charge is 0.780 e. The molecule has 4 rings (SSSR count). The highest BCUT2D eigenvalue weighted by molar-refractivity contribution is 7.43. The first-order valence-corrected chi connectivity index (χ1v) is 22.8. The van der Waals surface area contributed by atoms with E-state index in [1.54, 1.807) is 36.4 Å². The average Bonchev–Trinajstić information content (AvgIpc) is 3.23. The number of amides is 2. The molecule has 0 spiro atoms. The van der Waals surface area contributed by atoms with Crippen molar-refractivity contribution in [3.05, 3.63) is 115 Å². The summed E-state index contributed by atoms with van der Waals surface area (Å²) >= 11 is 0. The minimum Gasteiger partial charge on any atom is -0.780 e. The van der Waals surface area contributed by atoms with Crippen LogP contribution in [0.4, 0.5) is 11.4 Å². The van der Waals surface area contributed by atoms with Gasteiger partial charge in [0.05, 0.1) is 50.4 Å². The first-order chi connectivity index (χ1) is 31.0. The number of nitro groups is 2. The lowest BCUT2D eigenvalue weighted by Gasteiger charge is -2.29. The molecule has 0 aromatic heterocycles. The highest BCUT2D eigenvalue weighted by atomic mass is 31.2. The van der Waals surface area contributed by atoms with E-state index >= 15 is 0 Å². The molecule has 360 valence electrons. The number of carbonyl (C=O) groups is 2. The Morgan fingerprint density at radius 1 is 0.545 bits per heavy atom. The summed E-state index contributed by atoms with van der Waals surface area (Å²) in [4.78, 5) is 87.9. The lowest BCUT2D eigenvalue weighted by molar-refractivity contribution is -0.385. The molecule has 2 unspecified atom stereocenters. The molecule has 0 fully saturated rings. The minimum absolute atomic E-state index is 0.0996. The number of hydrogen-bond donors (Lipinski definition) is 2. The highest BCUT2D eigenvalue weighted by Crippen LogP contribution is 2.38. The van der Waals surface area contributed by atoms with E-state index in [1.165, 1.54) is 78.7 Å². The molecule has 0 aliphatic carbocycles. The standard InChI is InChI=1S/2C21H27N2O9P/c2*1-14(24)22-9-8-16(10-15-4-6-18(7-5-15)32-33(27,28)29)11-17-12-20(30-2)21(31-3)13-19(17)23(25)26/h2*4-7,12-13,16H,8-11H2,1-3H3,(H,22,24)(H2,27,28,29)/p-4. The number of phosphoric acid groups is 2. The molecule has 22 nitrogen and oxygen atoms in total. The van der Waals surface area contributed by atoms with Crippen LogP contribution in [-0.2, 0) is 44.4 Å². The first-order valence-electron chi connectivity index (χ1n) is 19.9. The van der Waals surface area contributed by atoms with Crippen LogP contribution in [0.25, 0.3) is 0 Å². The molecule has 0 saturated heterocycles. The zero-order chi connectivity index (χ0) is 49.2. The number of hydrogen-bond acceptors (Lipinski definition) is 18. The number of nitro benzene ring substituents is 2. The summed E-state index contributed by atoms with van der Waals surface area (Å²) in [6.45, 7) is 3.55. The van der Waals surface area contributed by atoms with Gasteiger partial charge in [-0.1, -0.05) is 24.3 Å². The Kier molecular flexibility index (Phi) is 20.8. The van der Waals surface area contributed by atoms with Crippen molar-refractivity contribution in [2.75, 3.05) is 41.5 Å². The van der Waals surface area contributed by atoms with E-state index in [-0.39, 0.29) is 58.0 Å². The van der Waals surface area contributed by atoms with Crippen LogP contribution in [0.2, 0.25) is 0 Å². The van der Waals surface area contributed by atoms with Crippen LogP contribution < -0.4 is 58.2 Å². The second-order valence-electron chi connectivity index (χ2n) is 14.6. The Morgan fingerprint density at radius 3 is 1.11 bits per heavy atom.